The number of nitrogens with one attached hydrogen (secondary N) is 2. The largest absolute Gasteiger partial charge is 0.497 e. The summed E-state index contributed by atoms with van der Waals surface area (Å²) in [5, 5.41) is 5.42. The minimum Gasteiger partial charge on any atom is -0.497 e. The van der Waals surface area contributed by atoms with Gasteiger partial charge in [-0.05, 0) is 61.7 Å². The molecule has 0 radical (unpaired) electrons. The molecule has 1 saturated heterocycles. The van der Waals surface area contributed by atoms with E-state index in [9.17, 15) is 14.4 Å². The summed E-state index contributed by atoms with van der Waals surface area (Å²) in [4.78, 5) is 38.6. The molecule has 1 atom stereocenters. The fourth-order valence-electron chi connectivity index (χ4n) is 3.12. The number of hydrogen-bond acceptors (Lipinski definition) is 4. The van der Waals surface area contributed by atoms with Crippen molar-refractivity contribution in [3.8, 4) is 5.75 Å². The van der Waals surface area contributed by atoms with E-state index in [1.54, 1.807) is 44.4 Å². The molecule has 1 fully saturated rings. The minimum absolute atomic E-state index is 0.358. The first-order valence-electron chi connectivity index (χ1n) is 8.90. The maximum atomic E-state index is 12.9. The van der Waals surface area contributed by atoms with Crippen LogP contribution in [0.3, 0.4) is 0 Å². The molecule has 0 aromatic heterocycles. The molecule has 146 valence electrons. The van der Waals surface area contributed by atoms with Gasteiger partial charge >= 0.3 is 6.03 Å². The fraction of sp³-hybridized carbons (Fsp3) is 0.286. The first kappa shape index (κ1) is 19.4. The van der Waals surface area contributed by atoms with Crippen molar-refractivity contribution in [2.45, 2.75) is 26.3 Å². The molecule has 7 nitrogen and oxygen atoms in total. The lowest BCUT2D eigenvalue weighted by Crippen LogP contribution is -2.42. The van der Waals surface area contributed by atoms with E-state index in [4.69, 9.17) is 4.74 Å². The summed E-state index contributed by atoms with van der Waals surface area (Å²) in [5.41, 5.74) is 2.16. The molecule has 0 saturated carbocycles. The number of methoxy groups -OCH3 is 1. The second kappa shape index (κ2) is 7.34. The SMILES string of the molecule is COc1ccc(C2(C)NC(=O)N(CC(=O)Nc3ccc(C)c(C)c3)C2=O)cc1. The van der Waals surface area contributed by atoms with E-state index in [1.165, 1.54) is 0 Å². The lowest BCUT2D eigenvalue weighted by molar-refractivity contribution is -0.133. The van der Waals surface area contributed by atoms with Crippen LogP contribution < -0.4 is 15.4 Å². The minimum atomic E-state index is -1.23. The van der Waals surface area contributed by atoms with Gasteiger partial charge in [0.05, 0.1) is 7.11 Å². The quantitative estimate of drug-likeness (QED) is 0.780. The van der Waals surface area contributed by atoms with Crippen molar-refractivity contribution in [2.75, 3.05) is 19.0 Å². The van der Waals surface area contributed by atoms with Gasteiger partial charge in [0.25, 0.3) is 5.91 Å². The van der Waals surface area contributed by atoms with E-state index in [0.29, 0.717) is 17.0 Å². The molecule has 3 rings (SSSR count). The first-order chi connectivity index (χ1) is 13.2. The Bertz CT molecular complexity index is 939. The molecule has 7 heteroatoms. The number of carbonyl (C=O) groups is 3. The highest BCUT2D eigenvalue weighted by atomic mass is 16.5. The van der Waals surface area contributed by atoms with Crippen molar-refractivity contribution in [3.05, 3.63) is 59.2 Å². The summed E-state index contributed by atoms with van der Waals surface area (Å²) >= 11 is 0. The molecule has 0 spiro atoms. The molecule has 28 heavy (non-hydrogen) atoms. The number of ether oxygens (including phenoxy) is 1. The summed E-state index contributed by atoms with van der Waals surface area (Å²) in [7, 11) is 1.55. The number of hydrogen-bond donors (Lipinski definition) is 2. The van der Waals surface area contributed by atoms with Gasteiger partial charge in [-0.15, -0.1) is 0 Å². The van der Waals surface area contributed by atoms with Gasteiger partial charge in [-0.2, -0.15) is 0 Å². The normalized spacial score (nSPS) is 18.8. The zero-order chi connectivity index (χ0) is 20.5. The van der Waals surface area contributed by atoms with Gasteiger partial charge in [-0.1, -0.05) is 18.2 Å². The van der Waals surface area contributed by atoms with Gasteiger partial charge in [0.1, 0.15) is 17.8 Å². The molecule has 1 unspecified atom stereocenters. The van der Waals surface area contributed by atoms with E-state index in [0.717, 1.165) is 16.0 Å². The number of amides is 4. The van der Waals surface area contributed by atoms with Crippen molar-refractivity contribution >= 4 is 23.5 Å². The van der Waals surface area contributed by atoms with E-state index < -0.39 is 23.4 Å². The molecule has 1 aliphatic rings. The van der Waals surface area contributed by atoms with E-state index in [1.807, 2.05) is 26.0 Å². The van der Waals surface area contributed by atoms with Crippen LogP contribution in [-0.2, 0) is 15.1 Å². The number of benzene rings is 2. The van der Waals surface area contributed by atoms with Crippen molar-refractivity contribution in [1.29, 1.82) is 0 Å². The van der Waals surface area contributed by atoms with Gasteiger partial charge < -0.3 is 15.4 Å². The second-order valence-electron chi connectivity index (χ2n) is 7.02. The third kappa shape index (κ3) is 3.55. The van der Waals surface area contributed by atoms with Gasteiger partial charge in [0.2, 0.25) is 5.91 Å². The third-order valence-electron chi connectivity index (χ3n) is 5.03. The Balaban J connectivity index is 1.73. The summed E-state index contributed by atoms with van der Waals surface area (Å²) < 4.78 is 5.12. The number of urea groups is 1. The summed E-state index contributed by atoms with van der Waals surface area (Å²) in [6.07, 6.45) is 0. The maximum absolute atomic E-state index is 12.9. The van der Waals surface area contributed by atoms with Crippen LogP contribution in [0.25, 0.3) is 0 Å². The monoisotopic (exact) mass is 381 g/mol. The standard InChI is InChI=1S/C21H23N3O4/c1-13-5-8-16(11-14(13)2)22-18(25)12-24-19(26)21(3,23-20(24)27)15-6-9-17(28-4)10-7-15/h5-11H,12H2,1-4H3,(H,22,25)(H,23,27). The van der Waals surface area contributed by atoms with Gasteiger partial charge in [0, 0.05) is 5.69 Å². The van der Waals surface area contributed by atoms with Crippen LogP contribution in [0.4, 0.5) is 10.5 Å². The molecule has 0 bridgehead atoms. The lowest BCUT2D eigenvalue weighted by atomic mass is 9.92. The number of carbonyl (C=O) groups excluding carboxylic acids is 3. The maximum Gasteiger partial charge on any atom is 0.325 e. The van der Waals surface area contributed by atoms with Crippen LogP contribution in [0, 0.1) is 13.8 Å². The molecular formula is C21H23N3O4. The Morgan fingerprint density at radius 3 is 2.39 bits per heavy atom. The molecule has 0 aliphatic carbocycles. The van der Waals surface area contributed by atoms with Crippen molar-refractivity contribution in [1.82, 2.24) is 10.2 Å². The highest BCUT2D eigenvalue weighted by Gasteiger charge is 2.49. The first-order valence-corrected chi connectivity index (χ1v) is 8.90. The van der Waals surface area contributed by atoms with Crippen molar-refractivity contribution in [2.24, 2.45) is 0 Å². The van der Waals surface area contributed by atoms with Crippen LogP contribution in [0.1, 0.15) is 23.6 Å². The Kier molecular flexibility index (Phi) is 5.09. The molecule has 4 amide bonds. The third-order valence-corrected chi connectivity index (χ3v) is 5.03. The highest BCUT2D eigenvalue weighted by Crippen LogP contribution is 2.30. The Morgan fingerprint density at radius 1 is 1.11 bits per heavy atom. The Hall–Kier alpha value is -3.35. The fourth-order valence-corrected chi connectivity index (χ4v) is 3.12. The molecule has 1 aliphatic heterocycles. The Morgan fingerprint density at radius 2 is 1.79 bits per heavy atom. The summed E-state index contributed by atoms with van der Waals surface area (Å²) in [6, 6.07) is 11.8. The molecule has 2 N–H and O–H groups in total. The topological polar surface area (TPSA) is 87.7 Å². The Labute approximate surface area is 163 Å². The molecular weight excluding hydrogens is 358 g/mol. The number of imide groups is 1. The molecule has 2 aromatic carbocycles. The van der Waals surface area contributed by atoms with Crippen LogP contribution >= 0.6 is 0 Å². The van der Waals surface area contributed by atoms with Gasteiger partial charge in [0.15, 0.2) is 0 Å². The van der Waals surface area contributed by atoms with Crippen LogP contribution in [0.5, 0.6) is 5.75 Å². The molecule has 1 heterocycles. The predicted octanol–water partition coefficient (Wildman–Crippen LogP) is 2.72. The van der Waals surface area contributed by atoms with Crippen molar-refractivity contribution in [3.63, 3.8) is 0 Å². The highest BCUT2D eigenvalue weighted by molar-refractivity contribution is 6.10. The van der Waals surface area contributed by atoms with E-state index in [2.05, 4.69) is 10.6 Å². The van der Waals surface area contributed by atoms with Crippen LogP contribution in [-0.4, -0.2) is 36.4 Å². The molecule has 2 aromatic rings. The van der Waals surface area contributed by atoms with Crippen LogP contribution in [0.15, 0.2) is 42.5 Å². The predicted molar refractivity (Wildman–Crippen MR) is 105 cm³/mol. The number of nitrogens with zero attached hydrogens (tertiary/aromatic N) is 1. The smallest absolute Gasteiger partial charge is 0.325 e. The number of anilines is 1. The summed E-state index contributed by atoms with van der Waals surface area (Å²) in [5.74, 6) is -0.266. The second-order valence-corrected chi connectivity index (χ2v) is 7.02. The van der Waals surface area contributed by atoms with E-state index in [-0.39, 0.29) is 6.54 Å². The lowest BCUT2D eigenvalue weighted by Gasteiger charge is -2.22. The van der Waals surface area contributed by atoms with Crippen molar-refractivity contribution < 1.29 is 19.1 Å². The zero-order valence-electron chi connectivity index (χ0n) is 16.3. The van der Waals surface area contributed by atoms with E-state index >= 15 is 0 Å². The van der Waals surface area contributed by atoms with Gasteiger partial charge in [-0.3, -0.25) is 14.5 Å². The number of aryl methyl sites for hydroxylation is 2. The van der Waals surface area contributed by atoms with Gasteiger partial charge in [-0.25, -0.2) is 4.79 Å². The number of rotatable bonds is 5. The average Bonchev–Trinajstić information content (AvgIpc) is 2.89. The summed E-state index contributed by atoms with van der Waals surface area (Å²) in [6.45, 7) is 5.19. The van der Waals surface area contributed by atoms with Crippen LogP contribution in [0.2, 0.25) is 0 Å². The zero-order valence-corrected chi connectivity index (χ0v) is 16.3. The average molecular weight is 381 g/mol.